The normalized spacial score (nSPS) is 9.26. The number of methoxy groups -OCH3 is 1. The number of rotatable bonds is 2. The van der Waals surface area contributed by atoms with Gasteiger partial charge >= 0.3 is 5.97 Å². The van der Waals surface area contributed by atoms with Crippen LogP contribution in [0.25, 0.3) is 11.3 Å². The Labute approximate surface area is 125 Å². The Kier molecular flexibility index (Phi) is 6.52. The Morgan fingerprint density at radius 2 is 1.95 bits per heavy atom. The number of ether oxygens (including phenoxy) is 1. The van der Waals surface area contributed by atoms with Crippen molar-refractivity contribution in [1.29, 1.82) is 0 Å². The molecule has 6 heteroatoms. The number of benzene rings is 1. The maximum atomic E-state index is 9.59. The van der Waals surface area contributed by atoms with E-state index in [0.29, 0.717) is 0 Å². The molecule has 0 fully saturated rings. The average Bonchev–Trinajstić information content (AvgIpc) is 2.89. The predicted molar refractivity (Wildman–Crippen MR) is 82.5 cm³/mol. The Hall–Kier alpha value is -1.40. The number of hydrogen-bond donors (Lipinski definition) is 1. The molecule has 19 heavy (non-hydrogen) atoms. The lowest BCUT2D eigenvalue weighted by Crippen LogP contribution is -1.88. The van der Waals surface area contributed by atoms with Crippen LogP contribution in [0, 0.1) is 0 Å². The van der Waals surface area contributed by atoms with Gasteiger partial charge in [0.1, 0.15) is 0 Å². The topological polar surface area (TPSA) is 51.2 Å². The van der Waals surface area contributed by atoms with Gasteiger partial charge in [-0.3, -0.25) is 4.79 Å². The van der Waals surface area contributed by atoms with Crippen LogP contribution in [-0.4, -0.2) is 25.1 Å². The van der Waals surface area contributed by atoms with Crippen LogP contribution in [0.2, 0.25) is 0 Å². The summed E-state index contributed by atoms with van der Waals surface area (Å²) in [7, 11) is 3.23. The lowest BCUT2D eigenvalue weighted by molar-refractivity contribution is -0.137. The summed E-state index contributed by atoms with van der Waals surface area (Å²) >= 11 is 5.02. The largest absolute Gasteiger partial charge is 0.469 e. The van der Waals surface area contributed by atoms with E-state index in [1.165, 1.54) is 14.0 Å². The SMILES string of the molecule is CNc1nc(-c2ccc(Br)cc2)cs1.COC(C)=O. The molecule has 1 aromatic carbocycles. The molecule has 0 radical (unpaired) electrons. The first-order valence-electron chi connectivity index (χ1n) is 5.50. The highest BCUT2D eigenvalue weighted by atomic mass is 79.9. The van der Waals surface area contributed by atoms with Crippen LogP contribution in [0.1, 0.15) is 6.92 Å². The summed E-state index contributed by atoms with van der Waals surface area (Å²) in [5, 5.41) is 6.02. The lowest BCUT2D eigenvalue weighted by atomic mass is 10.2. The number of hydrogen-bond acceptors (Lipinski definition) is 5. The molecule has 0 aliphatic rings. The molecule has 0 unspecified atom stereocenters. The van der Waals surface area contributed by atoms with Gasteiger partial charge in [-0.1, -0.05) is 28.1 Å². The van der Waals surface area contributed by atoms with Crippen LogP contribution in [0.3, 0.4) is 0 Å². The molecule has 0 bridgehead atoms. The Morgan fingerprint density at radius 3 is 2.37 bits per heavy atom. The Morgan fingerprint density at radius 1 is 1.37 bits per heavy atom. The Bertz CT molecular complexity index is 526. The maximum Gasteiger partial charge on any atom is 0.302 e. The second kappa shape index (κ2) is 7.91. The zero-order valence-electron chi connectivity index (χ0n) is 10.9. The molecule has 0 spiro atoms. The number of nitrogens with zero attached hydrogens (tertiary/aromatic N) is 1. The van der Waals surface area contributed by atoms with E-state index in [2.05, 4.69) is 48.5 Å². The first-order chi connectivity index (χ1) is 9.06. The van der Waals surface area contributed by atoms with Crippen molar-refractivity contribution in [2.75, 3.05) is 19.5 Å². The second-order valence-electron chi connectivity index (χ2n) is 3.49. The molecule has 1 N–H and O–H groups in total. The molecule has 2 rings (SSSR count). The van der Waals surface area contributed by atoms with Crippen molar-refractivity contribution in [2.24, 2.45) is 0 Å². The van der Waals surface area contributed by atoms with Crippen LogP contribution >= 0.6 is 27.3 Å². The van der Waals surface area contributed by atoms with Crippen LogP contribution < -0.4 is 5.32 Å². The van der Waals surface area contributed by atoms with Gasteiger partial charge in [-0.2, -0.15) is 0 Å². The molecule has 1 heterocycles. The number of carbonyl (C=O) groups is 1. The minimum absolute atomic E-state index is 0.245. The van der Waals surface area contributed by atoms with E-state index in [4.69, 9.17) is 0 Å². The van der Waals surface area contributed by atoms with Crippen molar-refractivity contribution in [2.45, 2.75) is 6.92 Å². The summed E-state index contributed by atoms with van der Waals surface area (Å²) in [6.45, 7) is 1.36. The van der Waals surface area contributed by atoms with Gasteiger partial charge in [0.2, 0.25) is 0 Å². The maximum absolute atomic E-state index is 9.59. The van der Waals surface area contributed by atoms with Gasteiger partial charge in [0.25, 0.3) is 0 Å². The van der Waals surface area contributed by atoms with Crippen LogP contribution in [0.4, 0.5) is 5.13 Å². The molecule has 4 nitrogen and oxygen atoms in total. The molecule has 0 atom stereocenters. The van der Waals surface area contributed by atoms with Crippen molar-refractivity contribution in [1.82, 2.24) is 4.98 Å². The second-order valence-corrected chi connectivity index (χ2v) is 5.26. The number of thiazole rings is 1. The van der Waals surface area contributed by atoms with Gasteiger partial charge in [-0.25, -0.2) is 4.98 Å². The molecule has 102 valence electrons. The molecule has 2 aromatic rings. The fourth-order valence-corrected chi connectivity index (χ4v) is 2.09. The smallest absolute Gasteiger partial charge is 0.302 e. The first kappa shape index (κ1) is 15.7. The molecule has 0 amide bonds. The third-order valence-corrected chi connectivity index (χ3v) is 3.53. The summed E-state index contributed by atoms with van der Waals surface area (Å²) in [6, 6.07) is 8.15. The third kappa shape index (κ3) is 5.40. The van der Waals surface area contributed by atoms with E-state index in [-0.39, 0.29) is 5.97 Å². The molecule has 1 aromatic heterocycles. The van der Waals surface area contributed by atoms with Crippen molar-refractivity contribution < 1.29 is 9.53 Å². The molecule has 0 aliphatic heterocycles. The highest BCUT2D eigenvalue weighted by Crippen LogP contribution is 2.25. The van der Waals surface area contributed by atoms with Crippen molar-refractivity contribution in [3.05, 3.63) is 34.1 Å². The summed E-state index contributed by atoms with van der Waals surface area (Å²) in [6.07, 6.45) is 0. The van der Waals surface area contributed by atoms with Crippen molar-refractivity contribution in [3.8, 4) is 11.3 Å². The number of carbonyl (C=O) groups excluding carboxylic acids is 1. The number of anilines is 1. The molecule has 0 saturated heterocycles. The van der Waals surface area contributed by atoms with Crippen molar-refractivity contribution >= 4 is 38.4 Å². The highest BCUT2D eigenvalue weighted by Gasteiger charge is 2.02. The number of nitrogens with one attached hydrogen (secondary N) is 1. The van der Waals surface area contributed by atoms with E-state index in [1.807, 2.05) is 19.2 Å². The highest BCUT2D eigenvalue weighted by molar-refractivity contribution is 9.10. The number of esters is 1. The predicted octanol–water partition coefficient (Wildman–Crippen LogP) is 3.79. The van der Waals surface area contributed by atoms with E-state index in [0.717, 1.165) is 20.9 Å². The minimum atomic E-state index is -0.245. The summed E-state index contributed by atoms with van der Waals surface area (Å²) in [4.78, 5) is 14.0. The van der Waals surface area contributed by atoms with E-state index in [1.54, 1.807) is 11.3 Å². The van der Waals surface area contributed by atoms with E-state index in [9.17, 15) is 4.79 Å². The summed E-state index contributed by atoms with van der Waals surface area (Å²) in [5.41, 5.74) is 2.16. The average molecular weight is 343 g/mol. The molecular weight excluding hydrogens is 328 g/mol. The number of halogens is 1. The monoisotopic (exact) mass is 342 g/mol. The van der Waals surface area contributed by atoms with Gasteiger partial charge in [0, 0.05) is 29.4 Å². The molecular formula is C13H15BrN2O2S. The van der Waals surface area contributed by atoms with E-state index < -0.39 is 0 Å². The van der Waals surface area contributed by atoms with Gasteiger partial charge in [0.05, 0.1) is 12.8 Å². The van der Waals surface area contributed by atoms with Gasteiger partial charge in [-0.05, 0) is 12.1 Å². The standard InChI is InChI=1S/C10H9BrN2S.C3H6O2/c1-12-10-13-9(6-14-10)7-2-4-8(11)5-3-7;1-3(4)5-2/h2-6H,1H3,(H,12,13);1-2H3. The zero-order valence-corrected chi connectivity index (χ0v) is 13.3. The van der Waals surface area contributed by atoms with Gasteiger partial charge in [0.15, 0.2) is 5.13 Å². The fourth-order valence-electron chi connectivity index (χ4n) is 1.14. The van der Waals surface area contributed by atoms with Crippen LogP contribution in [-0.2, 0) is 9.53 Å². The van der Waals surface area contributed by atoms with E-state index >= 15 is 0 Å². The van der Waals surface area contributed by atoms with Crippen LogP contribution in [0.5, 0.6) is 0 Å². The fraction of sp³-hybridized carbons (Fsp3) is 0.231. The minimum Gasteiger partial charge on any atom is -0.469 e. The first-order valence-corrected chi connectivity index (χ1v) is 7.18. The summed E-state index contributed by atoms with van der Waals surface area (Å²) < 4.78 is 5.20. The summed E-state index contributed by atoms with van der Waals surface area (Å²) in [5.74, 6) is -0.245. The lowest BCUT2D eigenvalue weighted by Gasteiger charge is -1.96. The van der Waals surface area contributed by atoms with Crippen molar-refractivity contribution in [3.63, 3.8) is 0 Å². The zero-order chi connectivity index (χ0) is 14.3. The van der Waals surface area contributed by atoms with Crippen LogP contribution in [0.15, 0.2) is 34.1 Å². The Balaban J connectivity index is 0.000000312. The van der Waals surface area contributed by atoms with Gasteiger partial charge < -0.3 is 10.1 Å². The quantitative estimate of drug-likeness (QED) is 0.843. The third-order valence-electron chi connectivity index (χ3n) is 2.15. The molecule has 0 aliphatic carbocycles. The van der Waals surface area contributed by atoms with Gasteiger partial charge in [-0.15, -0.1) is 11.3 Å². The molecule has 0 saturated carbocycles. The number of aromatic nitrogens is 1.